The van der Waals surface area contributed by atoms with Crippen LogP contribution in [0.5, 0.6) is 5.75 Å². The minimum atomic E-state index is 0.412. The molecule has 0 saturated heterocycles. The van der Waals surface area contributed by atoms with Gasteiger partial charge in [-0.2, -0.15) is 0 Å². The number of methoxy groups -OCH3 is 1. The summed E-state index contributed by atoms with van der Waals surface area (Å²) in [5.74, 6) is 0.845. The van der Waals surface area contributed by atoms with Crippen molar-refractivity contribution < 1.29 is 4.74 Å². The topological polar surface area (TPSA) is 35.0 Å². The Labute approximate surface area is 115 Å². The van der Waals surface area contributed by atoms with Gasteiger partial charge >= 0.3 is 0 Å². The first kappa shape index (κ1) is 11.9. The predicted octanol–water partition coefficient (Wildman–Crippen LogP) is 3.96. The number of hydrogen-bond acceptors (Lipinski definition) is 3. The number of hydrogen-bond donors (Lipinski definition) is 0. The van der Waals surface area contributed by atoms with Crippen LogP contribution in [0.15, 0.2) is 48.8 Å². The maximum absolute atomic E-state index is 6.06. The lowest BCUT2D eigenvalue weighted by atomic mass is 10.1. The summed E-state index contributed by atoms with van der Waals surface area (Å²) >= 11 is 6.06. The average Bonchev–Trinajstić information content (AvgIpc) is 2.46. The molecule has 0 spiro atoms. The molecule has 0 atom stereocenters. The minimum Gasteiger partial charge on any atom is -0.497 e. The summed E-state index contributed by atoms with van der Waals surface area (Å²) in [6, 6.07) is 12.0. The molecule has 0 amide bonds. The van der Waals surface area contributed by atoms with E-state index < -0.39 is 0 Å². The lowest BCUT2D eigenvalue weighted by molar-refractivity contribution is 0.415. The third-order valence-corrected chi connectivity index (χ3v) is 3.25. The number of fused-ring (bicyclic) bond motifs is 1. The summed E-state index contributed by atoms with van der Waals surface area (Å²) in [7, 11) is 1.66. The fraction of sp³-hybridized carbons (Fsp3) is 0.0667. The fourth-order valence-corrected chi connectivity index (χ4v) is 2.23. The Kier molecular flexibility index (Phi) is 3.05. The molecule has 0 fully saturated rings. The van der Waals surface area contributed by atoms with E-state index >= 15 is 0 Å². The van der Waals surface area contributed by atoms with Gasteiger partial charge in [0.05, 0.1) is 7.11 Å². The normalized spacial score (nSPS) is 10.6. The molecule has 3 nitrogen and oxygen atoms in total. The Morgan fingerprint density at radius 3 is 2.47 bits per heavy atom. The Balaban J connectivity index is 2.15. The monoisotopic (exact) mass is 270 g/mol. The number of rotatable bonds is 2. The molecule has 0 radical (unpaired) electrons. The van der Waals surface area contributed by atoms with Crippen LogP contribution in [0.25, 0.3) is 22.0 Å². The molecule has 3 rings (SSSR count). The minimum absolute atomic E-state index is 0.412. The molecule has 0 aliphatic heterocycles. The molecular weight excluding hydrogens is 260 g/mol. The molecule has 0 aliphatic rings. The molecule has 19 heavy (non-hydrogen) atoms. The first-order valence-corrected chi connectivity index (χ1v) is 6.20. The van der Waals surface area contributed by atoms with Crippen LogP contribution >= 0.6 is 11.6 Å². The molecular formula is C15H11ClN2O. The lowest BCUT2D eigenvalue weighted by Crippen LogP contribution is -1.88. The largest absolute Gasteiger partial charge is 0.497 e. The summed E-state index contributed by atoms with van der Waals surface area (Å²) in [6.07, 6.45) is 3.22. The second-order valence-electron chi connectivity index (χ2n) is 4.12. The first-order valence-electron chi connectivity index (χ1n) is 5.82. The molecule has 1 aromatic heterocycles. The van der Waals surface area contributed by atoms with Crippen LogP contribution in [0.1, 0.15) is 0 Å². The van der Waals surface area contributed by atoms with Crippen LogP contribution in [0, 0.1) is 0 Å². The van der Waals surface area contributed by atoms with Crippen molar-refractivity contribution in [3.63, 3.8) is 0 Å². The van der Waals surface area contributed by atoms with Gasteiger partial charge in [0.25, 0.3) is 0 Å². The van der Waals surface area contributed by atoms with Crippen LogP contribution in [0.2, 0.25) is 5.15 Å². The van der Waals surface area contributed by atoms with Gasteiger partial charge in [0, 0.05) is 18.0 Å². The van der Waals surface area contributed by atoms with E-state index in [0.717, 1.165) is 22.1 Å². The summed E-state index contributed by atoms with van der Waals surface area (Å²) < 4.78 is 5.21. The standard InChI is InChI=1S/C15H11ClN2O/c1-19-13-5-4-10-8-12(3-2-11(10)9-13)14-15(16)18-7-6-17-14/h2-9H,1H3. The van der Waals surface area contributed by atoms with Gasteiger partial charge in [-0.1, -0.05) is 29.8 Å². The van der Waals surface area contributed by atoms with Gasteiger partial charge in [0.1, 0.15) is 11.4 Å². The fourth-order valence-electron chi connectivity index (χ4n) is 2.01. The Bertz CT molecular complexity index is 743. The van der Waals surface area contributed by atoms with Crippen molar-refractivity contribution in [3.8, 4) is 17.0 Å². The smallest absolute Gasteiger partial charge is 0.155 e. The van der Waals surface area contributed by atoms with Crippen LogP contribution in [0.3, 0.4) is 0 Å². The van der Waals surface area contributed by atoms with Gasteiger partial charge in [-0.05, 0) is 29.0 Å². The van der Waals surface area contributed by atoms with Crippen LogP contribution in [-0.2, 0) is 0 Å². The highest BCUT2D eigenvalue weighted by Gasteiger charge is 2.06. The summed E-state index contributed by atoms with van der Waals surface area (Å²) in [6.45, 7) is 0. The molecule has 1 heterocycles. The van der Waals surface area contributed by atoms with E-state index in [0.29, 0.717) is 10.8 Å². The van der Waals surface area contributed by atoms with Crippen molar-refractivity contribution in [1.29, 1.82) is 0 Å². The molecule has 4 heteroatoms. The zero-order chi connectivity index (χ0) is 13.2. The zero-order valence-corrected chi connectivity index (χ0v) is 11.1. The maximum atomic E-state index is 6.06. The summed E-state index contributed by atoms with van der Waals surface area (Å²) in [4.78, 5) is 8.32. The number of benzene rings is 2. The number of aromatic nitrogens is 2. The third kappa shape index (κ3) is 2.25. The summed E-state index contributed by atoms with van der Waals surface area (Å²) in [5.41, 5.74) is 1.65. The molecule has 0 unspecified atom stereocenters. The highest BCUT2D eigenvalue weighted by molar-refractivity contribution is 6.31. The molecule has 0 aliphatic carbocycles. The van der Waals surface area contributed by atoms with Gasteiger partial charge in [-0.25, -0.2) is 4.98 Å². The van der Waals surface area contributed by atoms with Crippen molar-refractivity contribution in [2.45, 2.75) is 0 Å². The molecule has 94 valence electrons. The van der Waals surface area contributed by atoms with Gasteiger partial charge in [-0.3, -0.25) is 4.98 Å². The van der Waals surface area contributed by atoms with E-state index in [1.165, 1.54) is 0 Å². The van der Waals surface area contributed by atoms with Crippen LogP contribution in [-0.4, -0.2) is 17.1 Å². The molecule has 0 saturated carbocycles. The first-order chi connectivity index (χ1) is 9.28. The van der Waals surface area contributed by atoms with Crippen molar-refractivity contribution in [3.05, 3.63) is 53.9 Å². The van der Waals surface area contributed by atoms with Gasteiger partial charge in [-0.15, -0.1) is 0 Å². The second kappa shape index (κ2) is 4.86. The lowest BCUT2D eigenvalue weighted by Gasteiger charge is -2.06. The number of ether oxygens (including phenoxy) is 1. The maximum Gasteiger partial charge on any atom is 0.155 e. The van der Waals surface area contributed by atoms with Gasteiger partial charge in [0.2, 0.25) is 0 Å². The van der Waals surface area contributed by atoms with Crippen LogP contribution in [0.4, 0.5) is 0 Å². The van der Waals surface area contributed by atoms with Crippen molar-refractivity contribution in [2.75, 3.05) is 7.11 Å². The van der Waals surface area contributed by atoms with Gasteiger partial charge < -0.3 is 4.74 Å². The molecule has 3 aromatic rings. The molecule has 0 N–H and O–H groups in total. The zero-order valence-electron chi connectivity index (χ0n) is 10.3. The van der Waals surface area contributed by atoms with E-state index in [1.54, 1.807) is 19.5 Å². The van der Waals surface area contributed by atoms with E-state index in [-0.39, 0.29) is 0 Å². The molecule has 0 bridgehead atoms. The van der Waals surface area contributed by atoms with Crippen molar-refractivity contribution in [1.82, 2.24) is 9.97 Å². The van der Waals surface area contributed by atoms with Gasteiger partial charge in [0.15, 0.2) is 5.15 Å². The van der Waals surface area contributed by atoms with Crippen LogP contribution < -0.4 is 4.74 Å². The Morgan fingerprint density at radius 1 is 0.947 bits per heavy atom. The highest BCUT2D eigenvalue weighted by atomic mass is 35.5. The number of halogens is 1. The average molecular weight is 271 g/mol. The van der Waals surface area contributed by atoms with E-state index in [2.05, 4.69) is 9.97 Å². The third-order valence-electron chi connectivity index (χ3n) is 2.97. The second-order valence-corrected chi connectivity index (χ2v) is 4.48. The quantitative estimate of drug-likeness (QED) is 0.707. The SMILES string of the molecule is COc1ccc2cc(-c3nccnc3Cl)ccc2c1. The van der Waals surface area contributed by atoms with E-state index in [9.17, 15) is 0 Å². The predicted molar refractivity (Wildman–Crippen MR) is 76.5 cm³/mol. The van der Waals surface area contributed by atoms with E-state index in [1.807, 2.05) is 36.4 Å². The van der Waals surface area contributed by atoms with E-state index in [4.69, 9.17) is 16.3 Å². The highest BCUT2D eigenvalue weighted by Crippen LogP contribution is 2.28. The Hall–Kier alpha value is -2.13. The Morgan fingerprint density at radius 2 is 1.68 bits per heavy atom. The number of nitrogens with zero attached hydrogens (tertiary/aromatic N) is 2. The van der Waals surface area contributed by atoms with Crippen molar-refractivity contribution >= 4 is 22.4 Å². The van der Waals surface area contributed by atoms with Crippen molar-refractivity contribution in [2.24, 2.45) is 0 Å². The molecule has 2 aromatic carbocycles. The summed E-state index contributed by atoms with van der Waals surface area (Å²) in [5, 5.41) is 2.64.